The largest absolute Gasteiger partial charge is 0.480 e. The van der Waals surface area contributed by atoms with Gasteiger partial charge in [0.15, 0.2) is 5.78 Å². The van der Waals surface area contributed by atoms with Crippen molar-refractivity contribution in [1.29, 1.82) is 0 Å². The lowest BCUT2D eigenvalue weighted by Gasteiger charge is -2.22. The average Bonchev–Trinajstić information content (AvgIpc) is 2.48. The van der Waals surface area contributed by atoms with E-state index in [0.717, 1.165) is 18.4 Å². The highest BCUT2D eigenvalue weighted by atomic mass is 16.4. The molecule has 0 radical (unpaired) electrons. The van der Waals surface area contributed by atoms with Gasteiger partial charge in [-0.05, 0) is 36.5 Å². The van der Waals surface area contributed by atoms with Crippen molar-refractivity contribution < 1.29 is 14.7 Å². The number of carboxylic acids is 1. The van der Waals surface area contributed by atoms with Crippen LogP contribution >= 0.6 is 0 Å². The average molecular weight is 290 g/mol. The van der Waals surface area contributed by atoms with Gasteiger partial charge in [-0.3, -0.25) is 9.59 Å². The van der Waals surface area contributed by atoms with Crippen molar-refractivity contribution >= 4 is 17.4 Å². The molecule has 0 spiro atoms. The van der Waals surface area contributed by atoms with Crippen LogP contribution in [0.1, 0.15) is 60.4 Å². The van der Waals surface area contributed by atoms with Gasteiger partial charge in [0, 0.05) is 17.7 Å². The van der Waals surface area contributed by atoms with Gasteiger partial charge < -0.3 is 16.6 Å². The van der Waals surface area contributed by atoms with Crippen LogP contribution in [0.2, 0.25) is 0 Å². The Bertz CT molecular complexity index is 536. The molecule has 5 nitrogen and oxygen atoms in total. The summed E-state index contributed by atoms with van der Waals surface area (Å²) in [6, 6.07) is 4.35. The number of aliphatic carboxylic acids is 1. The van der Waals surface area contributed by atoms with Crippen LogP contribution in [-0.4, -0.2) is 22.9 Å². The second-order valence-corrected chi connectivity index (χ2v) is 5.75. The molecular formula is C16H22N2O3. The molecule has 1 fully saturated rings. The Kier molecular flexibility index (Phi) is 4.96. The first-order valence-electron chi connectivity index (χ1n) is 7.40. The molecule has 1 aliphatic carbocycles. The van der Waals surface area contributed by atoms with Crippen LogP contribution in [0.5, 0.6) is 0 Å². The van der Waals surface area contributed by atoms with Crippen LogP contribution in [0.25, 0.3) is 0 Å². The van der Waals surface area contributed by atoms with Crippen molar-refractivity contribution in [1.82, 2.24) is 0 Å². The molecule has 0 aliphatic heterocycles. The van der Waals surface area contributed by atoms with Crippen LogP contribution in [0.4, 0.5) is 5.69 Å². The molecule has 1 saturated carbocycles. The molecule has 0 amide bonds. The van der Waals surface area contributed by atoms with Gasteiger partial charge in [0.25, 0.3) is 0 Å². The summed E-state index contributed by atoms with van der Waals surface area (Å²) in [7, 11) is 0. The van der Waals surface area contributed by atoms with Gasteiger partial charge in [-0.2, -0.15) is 0 Å². The number of anilines is 1. The van der Waals surface area contributed by atoms with Crippen molar-refractivity contribution in [2.45, 2.75) is 50.5 Å². The number of carboxylic acid groups (broad SMARTS) is 1. The minimum atomic E-state index is -1.18. The Hall–Kier alpha value is -1.88. The highest BCUT2D eigenvalue weighted by Crippen LogP contribution is 2.34. The van der Waals surface area contributed by atoms with Crippen LogP contribution < -0.4 is 11.5 Å². The third-order valence-corrected chi connectivity index (χ3v) is 4.18. The van der Waals surface area contributed by atoms with Gasteiger partial charge in [-0.15, -0.1) is 0 Å². The molecule has 21 heavy (non-hydrogen) atoms. The third kappa shape index (κ3) is 3.82. The van der Waals surface area contributed by atoms with Gasteiger partial charge in [-0.1, -0.05) is 25.3 Å². The first kappa shape index (κ1) is 15.5. The summed E-state index contributed by atoms with van der Waals surface area (Å²) in [5.41, 5.74) is 13.2. The summed E-state index contributed by atoms with van der Waals surface area (Å²) < 4.78 is 0. The molecular weight excluding hydrogens is 268 g/mol. The van der Waals surface area contributed by atoms with Gasteiger partial charge >= 0.3 is 5.97 Å². The Morgan fingerprint density at radius 1 is 1.24 bits per heavy atom. The van der Waals surface area contributed by atoms with Crippen molar-refractivity contribution in [3.05, 3.63) is 29.3 Å². The van der Waals surface area contributed by atoms with Crippen molar-refractivity contribution in [3.8, 4) is 0 Å². The molecule has 0 heterocycles. The molecule has 0 unspecified atom stereocenters. The number of nitrogen functional groups attached to an aromatic ring is 1. The second kappa shape index (κ2) is 6.72. The van der Waals surface area contributed by atoms with E-state index in [-0.39, 0.29) is 12.2 Å². The zero-order chi connectivity index (χ0) is 15.4. The standard InChI is InChI=1S/C16H22N2O3/c17-13-7-6-11(10-4-2-1-3-5-10)8-12(13)15(19)9-14(18)16(20)21/h6-8,10,14H,1-5,9,17-18H2,(H,20,21)/t14-/m0/s1. The van der Waals surface area contributed by atoms with E-state index in [2.05, 4.69) is 0 Å². The molecule has 5 N–H and O–H groups in total. The quantitative estimate of drug-likeness (QED) is 0.570. The molecule has 1 atom stereocenters. The molecule has 1 aliphatic rings. The number of carbonyl (C=O) groups is 2. The molecule has 5 heteroatoms. The van der Waals surface area contributed by atoms with E-state index in [9.17, 15) is 9.59 Å². The number of nitrogens with two attached hydrogens (primary N) is 2. The maximum Gasteiger partial charge on any atom is 0.320 e. The number of hydrogen-bond acceptors (Lipinski definition) is 4. The number of ketones is 1. The molecule has 1 aromatic rings. The highest BCUT2D eigenvalue weighted by molar-refractivity contribution is 6.02. The Morgan fingerprint density at radius 2 is 1.90 bits per heavy atom. The molecule has 0 bridgehead atoms. The maximum atomic E-state index is 12.2. The number of hydrogen-bond donors (Lipinski definition) is 3. The van der Waals surface area contributed by atoms with Crippen LogP contribution in [0.15, 0.2) is 18.2 Å². The number of benzene rings is 1. The van der Waals surface area contributed by atoms with E-state index in [0.29, 0.717) is 17.2 Å². The van der Waals surface area contributed by atoms with E-state index in [1.54, 1.807) is 6.07 Å². The summed E-state index contributed by atoms with van der Waals surface area (Å²) in [5, 5.41) is 8.80. The monoisotopic (exact) mass is 290 g/mol. The van der Waals surface area contributed by atoms with E-state index in [1.165, 1.54) is 19.3 Å². The van der Waals surface area contributed by atoms with Crippen LogP contribution in [0.3, 0.4) is 0 Å². The minimum Gasteiger partial charge on any atom is -0.480 e. The summed E-state index contributed by atoms with van der Waals surface area (Å²) in [6.07, 6.45) is 5.72. The molecule has 2 rings (SSSR count). The maximum absolute atomic E-state index is 12.2. The van der Waals surface area contributed by atoms with Gasteiger partial charge in [0.2, 0.25) is 0 Å². The lowest BCUT2D eigenvalue weighted by atomic mass is 9.83. The summed E-state index contributed by atoms with van der Waals surface area (Å²) in [6.45, 7) is 0. The Balaban J connectivity index is 2.18. The van der Waals surface area contributed by atoms with Crippen molar-refractivity contribution in [2.75, 3.05) is 5.73 Å². The normalized spacial score (nSPS) is 17.4. The summed E-state index contributed by atoms with van der Waals surface area (Å²) in [4.78, 5) is 22.9. The van der Waals surface area contributed by atoms with E-state index < -0.39 is 12.0 Å². The number of carbonyl (C=O) groups excluding carboxylic acids is 1. The van der Waals surface area contributed by atoms with Gasteiger partial charge in [0.1, 0.15) is 6.04 Å². The van der Waals surface area contributed by atoms with E-state index in [4.69, 9.17) is 16.6 Å². The SMILES string of the molecule is Nc1ccc(C2CCCCC2)cc1C(=O)C[C@H](N)C(=O)O. The van der Waals surface area contributed by atoms with Crippen LogP contribution in [-0.2, 0) is 4.79 Å². The predicted molar refractivity (Wildman–Crippen MR) is 81.2 cm³/mol. The van der Waals surface area contributed by atoms with E-state index in [1.807, 2.05) is 12.1 Å². The zero-order valence-corrected chi connectivity index (χ0v) is 12.0. The first-order chi connectivity index (χ1) is 9.99. The van der Waals surface area contributed by atoms with Crippen molar-refractivity contribution in [3.63, 3.8) is 0 Å². The summed E-state index contributed by atoms with van der Waals surface area (Å²) >= 11 is 0. The fraction of sp³-hybridized carbons (Fsp3) is 0.500. The predicted octanol–water partition coefficient (Wildman–Crippen LogP) is 2.30. The summed E-state index contributed by atoms with van der Waals surface area (Å²) in [5.74, 6) is -1.01. The smallest absolute Gasteiger partial charge is 0.320 e. The van der Waals surface area contributed by atoms with Gasteiger partial charge in [-0.25, -0.2) is 0 Å². The van der Waals surface area contributed by atoms with Crippen LogP contribution in [0, 0.1) is 0 Å². The second-order valence-electron chi connectivity index (χ2n) is 5.75. The lowest BCUT2D eigenvalue weighted by molar-refractivity contribution is -0.138. The Labute approximate surface area is 124 Å². The molecule has 1 aromatic carbocycles. The zero-order valence-electron chi connectivity index (χ0n) is 12.0. The number of rotatable bonds is 5. The van der Waals surface area contributed by atoms with E-state index >= 15 is 0 Å². The van der Waals surface area contributed by atoms with Crippen molar-refractivity contribution in [2.24, 2.45) is 5.73 Å². The van der Waals surface area contributed by atoms with Gasteiger partial charge in [0.05, 0.1) is 0 Å². The Morgan fingerprint density at radius 3 is 2.52 bits per heavy atom. The third-order valence-electron chi connectivity index (χ3n) is 4.18. The highest BCUT2D eigenvalue weighted by Gasteiger charge is 2.21. The lowest BCUT2D eigenvalue weighted by Crippen LogP contribution is -2.32. The molecule has 0 aromatic heterocycles. The minimum absolute atomic E-state index is 0.229. The number of Topliss-reactive ketones (excluding diaryl/α,β-unsaturated/α-hetero) is 1. The fourth-order valence-electron chi connectivity index (χ4n) is 2.90. The molecule has 0 saturated heterocycles. The topological polar surface area (TPSA) is 106 Å². The molecule has 114 valence electrons. The first-order valence-corrected chi connectivity index (χ1v) is 7.40. The fourth-order valence-corrected chi connectivity index (χ4v) is 2.90.